The first-order valence-corrected chi connectivity index (χ1v) is 4.51. The zero-order chi connectivity index (χ0) is 12.2. The fraction of sp³-hybridized carbons (Fsp3) is 0.182. The highest BCUT2D eigenvalue weighted by Gasteiger charge is 2.36. The van der Waals surface area contributed by atoms with E-state index in [9.17, 15) is 18.0 Å². The Labute approximate surface area is 90.8 Å². The molecular weight excluding hydrogens is 219 g/mol. The van der Waals surface area contributed by atoms with Crippen LogP contribution in [0.4, 0.5) is 18.9 Å². The van der Waals surface area contributed by atoms with Crippen molar-refractivity contribution < 1.29 is 18.0 Å². The average molecular weight is 229 g/mol. The Morgan fingerprint density at radius 3 is 2.31 bits per heavy atom. The second-order valence-electron chi connectivity index (χ2n) is 3.18. The van der Waals surface area contributed by atoms with Gasteiger partial charge in [-0.3, -0.25) is 4.79 Å². The number of carbonyl (C=O) groups is 1. The molecule has 1 aromatic rings. The van der Waals surface area contributed by atoms with E-state index in [0.717, 1.165) is 0 Å². The van der Waals surface area contributed by atoms with Crippen LogP contribution < -0.4 is 5.32 Å². The topological polar surface area (TPSA) is 29.1 Å². The summed E-state index contributed by atoms with van der Waals surface area (Å²) < 4.78 is 35.8. The Hall–Kier alpha value is -1.78. The molecule has 0 radical (unpaired) electrons. The lowest BCUT2D eigenvalue weighted by molar-refractivity contribution is -0.165. The zero-order valence-electron chi connectivity index (χ0n) is 8.51. The van der Waals surface area contributed by atoms with E-state index < -0.39 is 12.0 Å². The number of ketones is 1. The van der Waals surface area contributed by atoms with Gasteiger partial charge in [0.05, 0.1) is 0 Å². The van der Waals surface area contributed by atoms with Crippen LogP contribution in [0.5, 0.6) is 0 Å². The maximum absolute atomic E-state index is 11.9. The predicted molar refractivity (Wildman–Crippen MR) is 54.9 cm³/mol. The maximum Gasteiger partial charge on any atom is 0.454 e. The normalized spacial score (nSPS) is 12.4. The average Bonchev–Trinajstić information content (AvgIpc) is 2.17. The second-order valence-corrected chi connectivity index (χ2v) is 3.18. The molecule has 5 heteroatoms. The first-order valence-electron chi connectivity index (χ1n) is 4.51. The van der Waals surface area contributed by atoms with Crippen LogP contribution in [0, 0.1) is 0 Å². The van der Waals surface area contributed by atoms with Gasteiger partial charge < -0.3 is 5.32 Å². The number of nitrogens with one attached hydrogen (secondary N) is 1. The van der Waals surface area contributed by atoms with Crippen LogP contribution in [0.15, 0.2) is 42.1 Å². The molecule has 2 nitrogen and oxygen atoms in total. The predicted octanol–water partition coefficient (Wildman–Crippen LogP) is 3.13. The number of rotatable bonds is 3. The van der Waals surface area contributed by atoms with Gasteiger partial charge in [0, 0.05) is 17.5 Å². The molecule has 0 amide bonds. The summed E-state index contributed by atoms with van der Waals surface area (Å²) in [6.07, 6.45) is -4.29. The number of para-hydroxylation sites is 1. The summed E-state index contributed by atoms with van der Waals surface area (Å²) in [7, 11) is 0. The molecule has 0 spiro atoms. The van der Waals surface area contributed by atoms with Crippen molar-refractivity contribution >= 4 is 11.5 Å². The number of alkyl halides is 3. The molecule has 0 atom stereocenters. The second kappa shape index (κ2) is 4.83. The van der Waals surface area contributed by atoms with E-state index in [1.807, 2.05) is 0 Å². The molecule has 0 aliphatic carbocycles. The van der Waals surface area contributed by atoms with E-state index in [2.05, 4.69) is 5.32 Å². The monoisotopic (exact) mass is 229 g/mol. The molecule has 0 aliphatic rings. The first-order chi connectivity index (χ1) is 7.39. The van der Waals surface area contributed by atoms with Crippen LogP contribution >= 0.6 is 0 Å². The molecule has 0 aliphatic heterocycles. The summed E-state index contributed by atoms with van der Waals surface area (Å²) in [5.41, 5.74) is 0.778. The Morgan fingerprint density at radius 2 is 1.81 bits per heavy atom. The highest BCUT2D eigenvalue weighted by atomic mass is 19.4. The Balaban J connectivity index is 2.70. The van der Waals surface area contributed by atoms with Gasteiger partial charge in [-0.15, -0.1) is 0 Å². The van der Waals surface area contributed by atoms with Crippen molar-refractivity contribution in [3.05, 3.63) is 42.1 Å². The van der Waals surface area contributed by atoms with E-state index in [-0.39, 0.29) is 5.70 Å². The van der Waals surface area contributed by atoms with Crippen molar-refractivity contribution in [1.29, 1.82) is 0 Å². The summed E-state index contributed by atoms with van der Waals surface area (Å²) in [5.74, 6) is -1.87. The molecule has 86 valence electrons. The fourth-order valence-electron chi connectivity index (χ4n) is 1.06. The molecule has 0 aromatic heterocycles. The molecule has 1 aromatic carbocycles. The minimum atomic E-state index is -4.82. The van der Waals surface area contributed by atoms with Gasteiger partial charge in [0.15, 0.2) is 0 Å². The Bertz CT molecular complexity index is 395. The van der Waals surface area contributed by atoms with Crippen molar-refractivity contribution in [2.24, 2.45) is 0 Å². The van der Waals surface area contributed by atoms with Gasteiger partial charge in [-0.2, -0.15) is 13.2 Å². The van der Waals surface area contributed by atoms with E-state index in [1.165, 1.54) is 6.92 Å². The summed E-state index contributed by atoms with van der Waals surface area (Å²) in [6.45, 7) is 1.40. The molecule has 1 N–H and O–H groups in total. The standard InChI is InChI=1S/C11H10F3NO/c1-8(7-10(16)11(12,13)14)15-9-5-3-2-4-6-9/h2-7,15H,1H3/b8-7-. The van der Waals surface area contributed by atoms with E-state index in [0.29, 0.717) is 11.8 Å². The van der Waals surface area contributed by atoms with Crippen LogP contribution in [0.25, 0.3) is 0 Å². The van der Waals surface area contributed by atoms with Gasteiger partial charge in [-0.1, -0.05) is 18.2 Å². The molecule has 0 saturated heterocycles. The van der Waals surface area contributed by atoms with Gasteiger partial charge in [0.2, 0.25) is 0 Å². The lowest BCUT2D eigenvalue weighted by Crippen LogP contribution is -2.21. The van der Waals surface area contributed by atoms with E-state index >= 15 is 0 Å². The zero-order valence-corrected chi connectivity index (χ0v) is 8.51. The molecule has 0 unspecified atom stereocenters. The Kier molecular flexibility index (Phi) is 3.71. The third kappa shape index (κ3) is 3.76. The van der Waals surface area contributed by atoms with Crippen molar-refractivity contribution in [1.82, 2.24) is 0 Å². The third-order valence-corrected chi connectivity index (χ3v) is 1.74. The van der Waals surface area contributed by atoms with Crippen LogP contribution in [0.3, 0.4) is 0 Å². The van der Waals surface area contributed by atoms with Crippen molar-refractivity contribution in [2.45, 2.75) is 13.1 Å². The number of anilines is 1. The van der Waals surface area contributed by atoms with Crippen LogP contribution in [-0.4, -0.2) is 12.0 Å². The van der Waals surface area contributed by atoms with Crippen LogP contribution in [-0.2, 0) is 4.79 Å². The molecular formula is C11H10F3NO. The highest BCUT2D eigenvalue weighted by molar-refractivity contribution is 5.95. The molecule has 0 heterocycles. The SMILES string of the molecule is C/C(=C/C(=O)C(F)(F)F)Nc1ccccc1. The van der Waals surface area contributed by atoms with E-state index in [1.54, 1.807) is 30.3 Å². The summed E-state index contributed by atoms with van der Waals surface area (Å²) in [6, 6.07) is 8.64. The minimum Gasteiger partial charge on any atom is -0.359 e. The number of hydrogen-bond acceptors (Lipinski definition) is 2. The fourth-order valence-corrected chi connectivity index (χ4v) is 1.06. The largest absolute Gasteiger partial charge is 0.454 e. The van der Waals surface area contributed by atoms with Crippen LogP contribution in [0.1, 0.15) is 6.92 Å². The van der Waals surface area contributed by atoms with Gasteiger partial charge in [0.1, 0.15) is 0 Å². The summed E-state index contributed by atoms with van der Waals surface area (Å²) >= 11 is 0. The molecule has 0 bridgehead atoms. The van der Waals surface area contributed by atoms with Crippen LogP contribution in [0.2, 0.25) is 0 Å². The van der Waals surface area contributed by atoms with Gasteiger partial charge in [-0.05, 0) is 19.1 Å². The summed E-state index contributed by atoms with van der Waals surface area (Å²) in [4.78, 5) is 10.6. The lowest BCUT2D eigenvalue weighted by atomic mass is 10.2. The number of benzene rings is 1. The quantitative estimate of drug-likeness (QED) is 0.807. The molecule has 0 saturated carbocycles. The van der Waals surface area contributed by atoms with Crippen molar-refractivity contribution in [2.75, 3.05) is 5.32 Å². The number of halogens is 3. The molecule has 1 rings (SSSR count). The van der Waals surface area contributed by atoms with Crippen molar-refractivity contribution in [3.8, 4) is 0 Å². The summed E-state index contributed by atoms with van der Waals surface area (Å²) in [5, 5.41) is 2.69. The molecule has 0 fully saturated rings. The number of allylic oxidation sites excluding steroid dienone is 2. The van der Waals surface area contributed by atoms with Gasteiger partial charge in [0.25, 0.3) is 5.78 Å². The van der Waals surface area contributed by atoms with E-state index in [4.69, 9.17) is 0 Å². The van der Waals surface area contributed by atoms with Gasteiger partial charge >= 0.3 is 6.18 Å². The highest BCUT2D eigenvalue weighted by Crippen LogP contribution is 2.18. The maximum atomic E-state index is 11.9. The number of carbonyl (C=O) groups excluding carboxylic acids is 1. The minimum absolute atomic E-state index is 0.147. The van der Waals surface area contributed by atoms with Crippen molar-refractivity contribution in [3.63, 3.8) is 0 Å². The molecule has 16 heavy (non-hydrogen) atoms. The third-order valence-electron chi connectivity index (χ3n) is 1.74. The lowest BCUT2D eigenvalue weighted by Gasteiger charge is -2.06. The Morgan fingerprint density at radius 1 is 1.25 bits per heavy atom. The first kappa shape index (κ1) is 12.3. The number of hydrogen-bond donors (Lipinski definition) is 1. The smallest absolute Gasteiger partial charge is 0.359 e. The van der Waals surface area contributed by atoms with Gasteiger partial charge in [-0.25, -0.2) is 0 Å².